The van der Waals surface area contributed by atoms with E-state index >= 15 is 0 Å². The summed E-state index contributed by atoms with van der Waals surface area (Å²) in [4.78, 5) is 4.49. The number of hydrogen-bond acceptors (Lipinski definition) is 2. The van der Waals surface area contributed by atoms with E-state index in [2.05, 4.69) is 29.8 Å². The van der Waals surface area contributed by atoms with Crippen molar-refractivity contribution in [2.24, 2.45) is 0 Å². The molecule has 0 aliphatic rings. The number of fused-ring (bicyclic) bond motifs is 3. The first kappa shape index (κ1) is 9.16. The van der Waals surface area contributed by atoms with Crippen LogP contribution in [0.4, 0.5) is 0 Å². The Hall–Kier alpha value is -2.09. The number of rotatable bonds is 2. The van der Waals surface area contributed by atoms with Gasteiger partial charge in [-0.25, -0.2) is 4.98 Å². The Balaban J connectivity index is 2.36. The third kappa shape index (κ3) is 1.31. The second-order valence-corrected chi connectivity index (χ2v) is 3.73. The van der Waals surface area contributed by atoms with Crippen molar-refractivity contribution in [3.63, 3.8) is 0 Å². The van der Waals surface area contributed by atoms with E-state index < -0.39 is 0 Å². The maximum Gasteiger partial charge on any atom is 0.199 e. The van der Waals surface area contributed by atoms with Gasteiger partial charge in [-0.05, 0) is 11.5 Å². The lowest BCUT2D eigenvalue weighted by Crippen LogP contribution is -1.78. The zero-order valence-electron chi connectivity index (χ0n) is 8.81. The maximum absolute atomic E-state index is 5.63. The van der Waals surface area contributed by atoms with Crippen molar-refractivity contribution in [3.05, 3.63) is 54.9 Å². The molecular formula is C14H11NO. The van der Waals surface area contributed by atoms with Crippen LogP contribution in [0.3, 0.4) is 0 Å². The molecule has 1 heterocycles. The van der Waals surface area contributed by atoms with Crippen molar-refractivity contribution in [2.75, 3.05) is 0 Å². The highest BCUT2D eigenvalue weighted by Gasteiger charge is 2.07. The molecule has 2 nitrogen and oxygen atoms in total. The van der Waals surface area contributed by atoms with Gasteiger partial charge in [0.05, 0.1) is 0 Å². The minimum absolute atomic E-state index is 0.670. The third-order valence-corrected chi connectivity index (χ3v) is 2.65. The van der Waals surface area contributed by atoms with Gasteiger partial charge < -0.3 is 4.42 Å². The van der Waals surface area contributed by atoms with Gasteiger partial charge in [0.25, 0.3) is 0 Å². The quantitative estimate of drug-likeness (QED) is 0.601. The van der Waals surface area contributed by atoms with Crippen LogP contribution in [0.15, 0.2) is 53.5 Å². The SMILES string of the molecule is C=CCc1nc2c(ccc3ccccc32)o1. The zero-order chi connectivity index (χ0) is 11.0. The first-order valence-corrected chi connectivity index (χ1v) is 5.26. The molecule has 0 saturated carbocycles. The second kappa shape index (κ2) is 3.49. The first-order valence-electron chi connectivity index (χ1n) is 5.26. The van der Waals surface area contributed by atoms with Crippen molar-refractivity contribution in [1.82, 2.24) is 4.98 Å². The molecule has 0 saturated heterocycles. The molecule has 3 aromatic rings. The Morgan fingerprint density at radius 1 is 1.19 bits per heavy atom. The van der Waals surface area contributed by atoms with E-state index in [0.717, 1.165) is 22.4 Å². The Bertz CT molecular complexity index is 667. The van der Waals surface area contributed by atoms with Crippen molar-refractivity contribution >= 4 is 21.9 Å². The van der Waals surface area contributed by atoms with Crippen LogP contribution < -0.4 is 0 Å². The van der Waals surface area contributed by atoms with E-state index in [1.165, 1.54) is 5.39 Å². The fourth-order valence-electron chi connectivity index (χ4n) is 1.92. The van der Waals surface area contributed by atoms with Gasteiger partial charge in [-0.15, -0.1) is 6.58 Å². The Morgan fingerprint density at radius 3 is 2.94 bits per heavy atom. The van der Waals surface area contributed by atoms with Gasteiger partial charge in [0.15, 0.2) is 11.5 Å². The molecule has 0 radical (unpaired) electrons. The molecule has 0 aliphatic carbocycles. The molecule has 16 heavy (non-hydrogen) atoms. The van der Waals surface area contributed by atoms with Crippen LogP contribution in [0.2, 0.25) is 0 Å². The highest BCUT2D eigenvalue weighted by atomic mass is 16.3. The third-order valence-electron chi connectivity index (χ3n) is 2.65. The number of hydrogen-bond donors (Lipinski definition) is 0. The van der Waals surface area contributed by atoms with E-state index in [0.29, 0.717) is 6.42 Å². The van der Waals surface area contributed by atoms with Crippen LogP contribution in [-0.2, 0) is 6.42 Å². The number of nitrogens with zero attached hydrogens (tertiary/aromatic N) is 1. The lowest BCUT2D eigenvalue weighted by Gasteiger charge is -1.95. The van der Waals surface area contributed by atoms with E-state index in [4.69, 9.17) is 4.42 Å². The minimum Gasteiger partial charge on any atom is -0.440 e. The van der Waals surface area contributed by atoms with Crippen molar-refractivity contribution in [1.29, 1.82) is 0 Å². The van der Waals surface area contributed by atoms with Crippen LogP contribution in [0.25, 0.3) is 21.9 Å². The monoisotopic (exact) mass is 209 g/mol. The summed E-state index contributed by atoms with van der Waals surface area (Å²) in [5.74, 6) is 0.723. The summed E-state index contributed by atoms with van der Waals surface area (Å²) in [6.07, 6.45) is 2.47. The molecule has 0 amide bonds. The fourth-order valence-corrected chi connectivity index (χ4v) is 1.92. The lowest BCUT2D eigenvalue weighted by molar-refractivity contribution is 0.547. The number of benzene rings is 2. The number of oxazole rings is 1. The highest BCUT2D eigenvalue weighted by Crippen LogP contribution is 2.25. The molecule has 0 fully saturated rings. The Morgan fingerprint density at radius 2 is 2.06 bits per heavy atom. The lowest BCUT2D eigenvalue weighted by atomic mass is 10.1. The van der Waals surface area contributed by atoms with Gasteiger partial charge in [-0.1, -0.05) is 36.4 Å². The molecule has 0 aliphatic heterocycles. The normalized spacial score (nSPS) is 11.0. The fraction of sp³-hybridized carbons (Fsp3) is 0.0714. The standard InChI is InChI=1S/C14H11NO/c1-2-5-13-15-14-11-7-4-3-6-10(11)8-9-12(14)16-13/h2-4,6-9H,1,5H2. The van der Waals surface area contributed by atoms with Crippen molar-refractivity contribution in [2.45, 2.75) is 6.42 Å². The molecule has 3 rings (SSSR count). The van der Waals surface area contributed by atoms with Crippen molar-refractivity contribution in [3.8, 4) is 0 Å². The van der Waals surface area contributed by atoms with Gasteiger partial charge in [0, 0.05) is 11.8 Å². The molecule has 0 N–H and O–H groups in total. The summed E-state index contributed by atoms with van der Waals surface area (Å²) in [5, 5.41) is 2.33. The van der Waals surface area contributed by atoms with Crippen molar-refractivity contribution < 1.29 is 4.42 Å². The molecule has 0 unspecified atom stereocenters. The van der Waals surface area contributed by atoms with Crippen LogP contribution in [0.5, 0.6) is 0 Å². The van der Waals surface area contributed by atoms with Gasteiger partial charge in [-0.2, -0.15) is 0 Å². The van der Waals surface area contributed by atoms with E-state index in [9.17, 15) is 0 Å². The number of aromatic nitrogens is 1. The number of allylic oxidation sites excluding steroid dienone is 1. The molecular weight excluding hydrogens is 198 g/mol. The smallest absolute Gasteiger partial charge is 0.199 e. The van der Waals surface area contributed by atoms with E-state index in [1.807, 2.05) is 18.2 Å². The maximum atomic E-state index is 5.63. The summed E-state index contributed by atoms with van der Waals surface area (Å²) in [7, 11) is 0. The summed E-state index contributed by atoms with van der Waals surface area (Å²) in [6, 6.07) is 12.2. The predicted molar refractivity (Wildman–Crippen MR) is 65.4 cm³/mol. The molecule has 0 bridgehead atoms. The molecule has 0 spiro atoms. The average molecular weight is 209 g/mol. The average Bonchev–Trinajstić information content (AvgIpc) is 2.72. The second-order valence-electron chi connectivity index (χ2n) is 3.73. The van der Waals surface area contributed by atoms with Crippen LogP contribution in [0, 0.1) is 0 Å². The zero-order valence-corrected chi connectivity index (χ0v) is 8.81. The molecule has 0 atom stereocenters. The van der Waals surface area contributed by atoms with Crippen LogP contribution >= 0.6 is 0 Å². The van der Waals surface area contributed by atoms with Crippen LogP contribution in [-0.4, -0.2) is 4.98 Å². The van der Waals surface area contributed by atoms with Gasteiger partial charge in [0.1, 0.15) is 5.52 Å². The van der Waals surface area contributed by atoms with Gasteiger partial charge >= 0.3 is 0 Å². The molecule has 2 heteroatoms. The predicted octanol–water partition coefficient (Wildman–Crippen LogP) is 3.71. The first-order chi connectivity index (χ1) is 7.88. The topological polar surface area (TPSA) is 26.0 Å². The Kier molecular flexibility index (Phi) is 2.00. The minimum atomic E-state index is 0.670. The summed E-state index contributed by atoms with van der Waals surface area (Å²) in [5.41, 5.74) is 1.78. The van der Waals surface area contributed by atoms with E-state index in [1.54, 1.807) is 6.08 Å². The summed E-state index contributed by atoms with van der Waals surface area (Å²) < 4.78 is 5.63. The van der Waals surface area contributed by atoms with Crippen LogP contribution in [0.1, 0.15) is 5.89 Å². The molecule has 1 aromatic heterocycles. The van der Waals surface area contributed by atoms with Gasteiger partial charge in [0.2, 0.25) is 0 Å². The largest absolute Gasteiger partial charge is 0.440 e. The molecule has 2 aromatic carbocycles. The summed E-state index contributed by atoms with van der Waals surface area (Å²) in [6.45, 7) is 3.69. The summed E-state index contributed by atoms with van der Waals surface area (Å²) >= 11 is 0. The van der Waals surface area contributed by atoms with Gasteiger partial charge in [-0.3, -0.25) is 0 Å². The Labute approximate surface area is 93.2 Å². The van der Waals surface area contributed by atoms with E-state index in [-0.39, 0.29) is 0 Å². The molecule has 78 valence electrons. The highest BCUT2D eigenvalue weighted by molar-refractivity contribution is 6.03.